The third kappa shape index (κ3) is 4.62. The van der Waals surface area contributed by atoms with E-state index in [9.17, 15) is 9.59 Å². The monoisotopic (exact) mass is 458 g/mol. The first kappa shape index (κ1) is 21.3. The Labute approximate surface area is 179 Å². The molecule has 2 amide bonds. The molecule has 1 aromatic carbocycles. The van der Waals surface area contributed by atoms with Crippen LogP contribution in [0.25, 0.3) is 11.6 Å². The molecular formula is C22H27BrN4O2. The van der Waals surface area contributed by atoms with E-state index in [2.05, 4.69) is 50.3 Å². The lowest BCUT2D eigenvalue weighted by molar-refractivity contribution is -0.116. The van der Waals surface area contributed by atoms with E-state index in [1.165, 1.54) is 0 Å². The number of benzene rings is 1. The number of hydrogen-bond acceptors (Lipinski definition) is 3. The number of halogens is 1. The van der Waals surface area contributed by atoms with E-state index in [0.717, 1.165) is 58.0 Å². The Morgan fingerprint density at radius 2 is 1.97 bits per heavy atom. The number of anilines is 2. The number of carbonyl (C=O) groups excluding carboxylic acids is 2. The van der Waals surface area contributed by atoms with Gasteiger partial charge in [0.1, 0.15) is 0 Å². The average molecular weight is 459 g/mol. The van der Waals surface area contributed by atoms with Crippen molar-refractivity contribution in [1.29, 1.82) is 0 Å². The summed E-state index contributed by atoms with van der Waals surface area (Å²) in [6.45, 7) is 10.7. The van der Waals surface area contributed by atoms with Crippen molar-refractivity contribution in [3.8, 4) is 0 Å². The second-order valence-corrected chi connectivity index (χ2v) is 8.11. The summed E-state index contributed by atoms with van der Waals surface area (Å²) in [5.41, 5.74) is 5.66. The van der Waals surface area contributed by atoms with Crippen LogP contribution in [0.4, 0.5) is 11.4 Å². The van der Waals surface area contributed by atoms with Gasteiger partial charge in [0.15, 0.2) is 0 Å². The first-order chi connectivity index (χ1) is 13.8. The number of hydrogen-bond donors (Lipinski definition) is 3. The quantitative estimate of drug-likeness (QED) is 0.532. The molecule has 154 valence electrons. The van der Waals surface area contributed by atoms with Gasteiger partial charge in [-0.05, 0) is 56.8 Å². The molecule has 0 saturated carbocycles. The largest absolute Gasteiger partial charge is 0.357 e. The number of amides is 2. The SMILES string of the molecule is CCN(CC)CCC(=O)Nc1c(C)[nH]c(/C=C2\C(=O)Nc3ccc(Br)cc32)c1C. The molecule has 0 saturated heterocycles. The second-order valence-electron chi connectivity index (χ2n) is 7.19. The summed E-state index contributed by atoms with van der Waals surface area (Å²) in [6, 6.07) is 5.71. The molecule has 0 atom stereocenters. The van der Waals surface area contributed by atoms with Gasteiger partial charge in [0.25, 0.3) is 5.91 Å². The highest BCUT2D eigenvalue weighted by Crippen LogP contribution is 2.36. The van der Waals surface area contributed by atoms with Crippen LogP contribution in [0, 0.1) is 13.8 Å². The van der Waals surface area contributed by atoms with Crippen LogP contribution < -0.4 is 10.6 Å². The number of nitrogens with zero attached hydrogens (tertiary/aromatic N) is 1. The minimum absolute atomic E-state index is 0.00538. The Morgan fingerprint density at radius 1 is 1.24 bits per heavy atom. The minimum Gasteiger partial charge on any atom is -0.357 e. The maximum absolute atomic E-state index is 12.5. The van der Waals surface area contributed by atoms with Gasteiger partial charge in [-0.25, -0.2) is 0 Å². The van der Waals surface area contributed by atoms with E-state index in [0.29, 0.717) is 12.0 Å². The second kappa shape index (κ2) is 8.97. The van der Waals surface area contributed by atoms with Gasteiger partial charge in [-0.2, -0.15) is 0 Å². The van der Waals surface area contributed by atoms with Gasteiger partial charge in [-0.15, -0.1) is 0 Å². The van der Waals surface area contributed by atoms with Gasteiger partial charge in [-0.1, -0.05) is 29.8 Å². The van der Waals surface area contributed by atoms with E-state index >= 15 is 0 Å². The van der Waals surface area contributed by atoms with Crippen LogP contribution in [0.1, 0.15) is 42.8 Å². The highest BCUT2D eigenvalue weighted by Gasteiger charge is 2.25. The molecule has 3 N–H and O–H groups in total. The highest BCUT2D eigenvalue weighted by atomic mass is 79.9. The minimum atomic E-state index is -0.130. The van der Waals surface area contributed by atoms with Gasteiger partial charge < -0.3 is 20.5 Å². The van der Waals surface area contributed by atoms with Gasteiger partial charge in [0.2, 0.25) is 5.91 Å². The van der Waals surface area contributed by atoms with Crippen molar-refractivity contribution < 1.29 is 9.59 Å². The van der Waals surface area contributed by atoms with Crippen molar-refractivity contribution in [3.05, 3.63) is 45.2 Å². The fourth-order valence-electron chi connectivity index (χ4n) is 3.56. The third-order valence-corrected chi connectivity index (χ3v) is 5.84. The van der Waals surface area contributed by atoms with Crippen LogP contribution in [0.3, 0.4) is 0 Å². The molecule has 2 aromatic rings. The zero-order valence-electron chi connectivity index (χ0n) is 17.3. The average Bonchev–Trinajstić information content (AvgIpc) is 3.13. The van der Waals surface area contributed by atoms with E-state index in [1.54, 1.807) is 0 Å². The molecule has 0 aliphatic carbocycles. The van der Waals surface area contributed by atoms with Crippen molar-refractivity contribution in [2.75, 3.05) is 30.3 Å². The fourth-order valence-corrected chi connectivity index (χ4v) is 3.92. The summed E-state index contributed by atoms with van der Waals surface area (Å²) in [5, 5.41) is 5.92. The molecule has 29 heavy (non-hydrogen) atoms. The predicted molar refractivity (Wildman–Crippen MR) is 122 cm³/mol. The molecule has 0 unspecified atom stereocenters. The lowest BCUT2D eigenvalue weighted by Crippen LogP contribution is -2.27. The number of fused-ring (bicyclic) bond motifs is 1. The molecule has 3 rings (SSSR count). The molecule has 1 aliphatic rings. The van der Waals surface area contributed by atoms with E-state index in [4.69, 9.17) is 0 Å². The maximum atomic E-state index is 12.5. The Balaban J connectivity index is 1.82. The smallest absolute Gasteiger partial charge is 0.256 e. The van der Waals surface area contributed by atoms with Crippen molar-refractivity contribution >= 4 is 50.8 Å². The fraction of sp³-hybridized carbons (Fsp3) is 0.364. The number of carbonyl (C=O) groups is 2. The number of H-pyrrole nitrogens is 1. The molecule has 2 heterocycles. The molecule has 6 nitrogen and oxygen atoms in total. The van der Waals surface area contributed by atoms with Gasteiger partial charge in [-0.3, -0.25) is 9.59 Å². The Morgan fingerprint density at radius 3 is 2.66 bits per heavy atom. The molecule has 0 bridgehead atoms. The van der Waals surface area contributed by atoms with Crippen molar-refractivity contribution in [2.45, 2.75) is 34.1 Å². The van der Waals surface area contributed by atoms with E-state index in [1.807, 2.05) is 38.1 Å². The summed E-state index contributed by atoms with van der Waals surface area (Å²) >= 11 is 3.47. The zero-order valence-corrected chi connectivity index (χ0v) is 18.9. The molecule has 0 spiro atoms. The lowest BCUT2D eigenvalue weighted by Gasteiger charge is -2.17. The van der Waals surface area contributed by atoms with E-state index < -0.39 is 0 Å². The van der Waals surface area contributed by atoms with Gasteiger partial charge in [0.05, 0.1) is 11.3 Å². The summed E-state index contributed by atoms with van der Waals surface area (Å²) in [5.74, 6) is -0.135. The zero-order chi connectivity index (χ0) is 21.1. The number of aromatic amines is 1. The third-order valence-electron chi connectivity index (χ3n) is 5.34. The standard InChI is InChI=1S/C22H27BrN4O2/c1-5-27(6-2)10-9-20(28)26-21-13(3)19(24-14(21)4)12-17-16-11-15(23)7-8-18(16)25-22(17)29/h7-8,11-12,24H,5-6,9-10H2,1-4H3,(H,25,29)(H,26,28)/b17-12-. The van der Waals surface area contributed by atoms with Gasteiger partial charge >= 0.3 is 0 Å². The number of aryl methyl sites for hydroxylation is 1. The number of aromatic nitrogens is 1. The van der Waals surface area contributed by atoms with Crippen LogP contribution in [-0.2, 0) is 9.59 Å². The number of rotatable bonds is 7. The van der Waals surface area contributed by atoms with Crippen LogP contribution in [-0.4, -0.2) is 41.3 Å². The lowest BCUT2D eigenvalue weighted by atomic mass is 10.0. The number of nitrogens with one attached hydrogen (secondary N) is 3. The van der Waals surface area contributed by atoms with E-state index in [-0.39, 0.29) is 11.8 Å². The Bertz CT molecular complexity index is 973. The summed E-state index contributed by atoms with van der Waals surface area (Å²) in [6.07, 6.45) is 2.30. The molecule has 0 fully saturated rings. The Hall–Kier alpha value is -2.38. The molecule has 0 radical (unpaired) electrons. The highest BCUT2D eigenvalue weighted by molar-refractivity contribution is 9.10. The van der Waals surface area contributed by atoms with Crippen LogP contribution >= 0.6 is 15.9 Å². The topological polar surface area (TPSA) is 77.2 Å². The normalized spacial score (nSPS) is 14.4. The molecular weight excluding hydrogens is 432 g/mol. The van der Waals surface area contributed by atoms with Crippen LogP contribution in [0.5, 0.6) is 0 Å². The van der Waals surface area contributed by atoms with Crippen molar-refractivity contribution in [1.82, 2.24) is 9.88 Å². The maximum Gasteiger partial charge on any atom is 0.256 e. The molecule has 1 aromatic heterocycles. The summed E-state index contributed by atoms with van der Waals surface area (Å²) in [7, 11) is 0. The summed E-state index contributed by atoms with van der Waals surface area (Å²) in [4.78, 5) is 30.4. The first-order valence-electron chi connectivity index (χ1n) is 9.88. The van der Waals surface area contributed by atoms with Crippen molar-refractivity contribution in [3.63, 3.8) is 0 Å². The summed E-state index contributed by atoms with van der Waals surface area (Å²) < 4.78 is 0.916. The molecule has 1 aliphatic heterocycles. The molecule has 7 heteroatoms. The van der Waals surface area contributed by atoms with Gasteiger partial charge in [0, 0.05) is 40.1 Å². The van der Waals surface area contributed by atoms with Crippen molar-refractivity contribution in [2.24, 2.45) is 0 Å². The first-order valence-corrected chi connectivity index (χ1v) is 10.7. The predicted octanol–water partition coefficient (Wildman–Crippen LogP) is 4.56. The Kier molecular flexibility index (Phi) is 6.59. The van der Waals surface area contributed by atoms with Crippen LogP contribution in [0.15, 0.2) is 22.7 Å². The van der Waals surface area contributed by atoms with Crippen LogP contribution in [0.2, 0.25) is 0 Å².